The maximum absolute atomic E-state index is 13.5. The van der Waals surface area contributed by atoms with Crippen molar-refractivity contribution in [2.45, 2.75) is 38.3 Å². The average Bonchev–Trinajstić information content (AvgIpc) is 2.99. The number of sulfonamides is 1. The Kier molecular flexibility index (Phi) is 6.77. The first-order valence-corrected chi connectivity index (χ1v) is 11.5. The van der Waals surface area contributed by atoms with E-state index in [4.69, 9.17) is 23.2 Å². The van der Waals surface area contributed by atoms with E-state index < -0.39 is 16.1 Å². The lowest BCUT2D eigenvalue weighted by atomic mass is 10.2. The van der Waals surface area contributed by atoms with E-state index in [0.717, 1.165) is 21.3 Å². The molecule has 0 unspecified atom stereocenters. The van der Waals surface area contributed by atoms with Crippen LogP contribution in [0.3, 0.4) is 0 Å². The van der Waals surface area contributed by atoms with Crippen molar-refractivity contribution >= 4 is 38.9 Å². The summed E-state index contributed by atoms with van der Waals surface area (Å²) >= 11 is 12.4. The predicted molar refractivity (Wildman–Crippen MR) is 120 cm³/mol. The highest BCUT2D eigenvalue weighted by Gasteiger charge is 2.29. The maximum atomic E-state index is 13.5. The van der Waals surface area contributed by atoms with Crippen LogP contribution in [0.5, 0.6) is 0 Å². The minimum Gasteiger partial charge on any atom is -0.389 e. The van der Waals surface area contributed by atoms with E-state index in [1.807, 2.05) is 26.8 Å². The van der Waals surface area contributed by atoms with Crippen LogP contribution in [0.25, 0.3) is 0 Å². The summed E-state index contributed by atoms with van der Waals surface area (Å²) in [5.41, 5.74) is 2.84. The molecule has 1 aromatic heterocycles. The Bertz CT molecular complexity index is 1140. The number of halogens is 2. The van der Waals surface area contributed by atoms with Crippen molar-refractivity contribution in [3.63, 3.8) is 0 Å². The van der Waals surface area contributed by atoms with Gasteiger partial charge >= 0.3 is 0 Å². The largest absolute Gasteiger partial charge is 0.389 e. The molecule has 1 N–H and O–H groups in total. The molecule has 1 atom stereocenters. The number of benzene rings is 2. The van der Waals surface area contributed by atoms with Gasteiger partial charge in [-0.3, -0.25) is 8.99 Å². The fourth-order valence-electron chi connectivity index (χ4n) is 3.15. The van der Waals surface area contributed by atoms with Crippen LogP contribution in [0.4, 0.5) is 5.69 Å². The minimum absolute atomic E-state index is 0.0995. The molecule has 0 saturated carbocycles. The van der Waals surface area contributed by atoms with Gasteiger partial charge in [0.05, 0.1) is 40.5 Å². The Morgan fingerprint density at radius 3 is 2.33 bits per heavy atom. The molecule has 0 aliphatic heterocycles. The zero-order chi connectivity index (χ0) is 22.1. The quantitative estimate of drug-likeness (QED) is 0.559. The van der Waals surface area contributed by atoms with Gasteiger partial charge in [-0.05, 0) is 57.2 Å². The van der Waals surface area contributed by atoms with Gasteiger partial charge in [0.15, 0.2) is 0 Å². The Labute approximate surface area is 186 Å². The molecule has 0 aliphatic rings. The van der Waals surface area contributed by atoms with Crippen molar-refractivity contribution in [2.75, 3.05) is 10.8 Å². The van der Waals surface area contributed by atoms with Gasteiger partial charge in [0.1, 0.15) is 0 Å². The van der Waals surface area contributed by atoms with Gasteiger partial charge in [-0.2, -0.15) is 5.10 Å². The molecule has 0 radical (unpaired) electrons. The Morgan fingerprint density at radius 1 is 1.07 bits per heavy atom. The Hall–Kier alpha value is -2.06. The number of aliphatic hydroxyl groups is 1. The first-order chi connectivity index (χ1) is 14.1. The lowest BCUT2D eigenvalue weighted by Gasteiger charge is -2.28. The van der Waals surface area contributed by atoms with Crippen molar-refractivity contribution in [1.29, 1.82) is 0 Å². The summed E-state index contributed by atoms with van der Waals surface area (Å²) < 4.78 is 29.7. The van der Waals surface area contributed by atoms with Gasteiger partial charge in [0, 0.05) is 10.7 Å². The summed E-state index contributed by atoms with van der Waals surface area (Å²) in [4.78, 5) is 0.0995. The molecule has 160 valence electrons. The molecular formula is C21H23Cl2N3O3S. The average molecular weight is 468 g/mol. The maximum Gasteiger partial charge on any atom is 0.264 e. The normalized spacial score (nSPS) is 12.7. The van der Waals surface area contributed by atoms with E-state index in [-0.39, 0.29) is 28.7 Å². The van der Waals surface area contributed by atoms with E-state index in [2.05, 4.69) is 5.10 Å². The number of aryl methyl sites for hydroxylation is 3. The fraction of sp³-hybridized carbons (Fsp3) is 0.286. The van der Waals surface area contributed by atoms with Crippen LogP contribution in [-0.2, 0) is 16.6 Å². The van der Waals surface area contributed by atoms with E-state index >= 15 is 0 Å². The molecule has 0 amide bonds. The van der Waals surface area contributed by atoms with Crippen LogP contribution >= 0.6 is 23.2 Å². The SMILES string of the molecule is Cc1ccc(S(=O)(=O)N(C[C@H](O)Cn2nc(C)cc2C)c2cc(Cl)ccc2Cl)cc1. The van der Waals surface area contributed by atoms with E-state index in [1.165, 1.54) is 24.3 Å². The summed E-state index contributed by atoms with van der Waals surface area (Å²) in [6.45, 7) is 5.53. The standard InChI is InChI=1S/C21H23Cl2N3O3S/c1-14-4-7-19(8-5-14)30(28,29)26(21-11-17(22)6-9-20(21)23)13-18(27)12-25-16(3)10-15(2)24-25/h4-11,18,27H,12-13H2,1-3H3/t18-/m1/s1. The second kappa shape index (κ2) is 8.98. The number of aliphatic hydroxyl groups excluding tert-OH is 1. The second-order valence-electron chi connectivity index (χ2n) is 7.21. The van der Waals surface area contributed by atoms with Crippen LogP contribution in [-0.4, -0.2) is 36.0 Å². The second-order valence-corrected chi connectivity index (χ2v) is 9.91. The van der Waals surface area contributed by atoms with E-state index in [0.29, 0.717) is 5.02 Å². The summed E-state index contributed by atoms with van der Waals surface area (Å²) in [7, 11) is -4.00. The number of hydrogen-bond donors (Lipinski definition) is 1. The minimum atomic E-state index is -4.00. The number of anilines is 1. The van der Waals surface area contributed by atoms with Crippen LogP contribution < -0.4 is 4.31 Å². The molecular weight excluding hydrogens is 445 g/mol. The van der Waals surface area contributed by atoms with Crippen LogP contribution in [0.1, 0.15) is 17.0 Å². The van der Waals surface area contributed by atoms with Crippen molar-refractivity contribution in [2.24, 2.45) is 0 Å². The molecule has 3 rings (SSSR count). The molecule has 30 heavy (non-hydrogen) atoms. The number of rotatable bonds is 7. The summed E-state index contributed by atoms with van der Waals surface area (Å²) in [6, 6.07) is 13.0. The van der Waals surface area contributed by atoms with Gasteiger partial charge in [0.25, 0.3) is 10.0 Å². The van der Waals surface area contributed by atoms with E-state index in [9.17, 15) is 13.5 Å². The predicted octanol–water partition coefficient (Wildman–Crippen LogP) is 4.37. The van der Waals surface area contributed by atoms with Crippen LogP contribution in [0.15, 0.2) is 53.4 Å². The Balaban J connectivity index is 2.00. The molecule has 2 aromatic carbocycles. The summed E-state index contributed by atoms with van der Waals surface area (Å²) in [5.74, 6) is 0. The topological polar surface area (TPSA) is 75.4 Å². The molecule has 0 fully saturated rings. The third kappa shape index (κ3) is 4.98. The lowest BCUT2D eigenvalue weighted by Crippen LogP contribution is -2.39. The zero-order valence-electron chi connectivity index (χ0n) is 16.9. The number of aromatic nitrogens is 2. The van der Waals surface area contributed by atoms with E-state index in [1.54, 1.807) is 22.9 Å². The molecule has 9 heteroatoms. The molecule has 1 heterocycles. The van der Waals surface area contributed by atoms with Gasteiger partial charge in [0.2, 0.25) is 0 Å². The molecule has 0 saturated heterocycles. The smallest absolute Gasteiger partial charge is 0.264 e. The first-order valence-electron chi connectivity index (χ1n) is 9.31. The van der Waals surface area contributed by atoms with Gasteiger partial charge in [-0.15, -0.1) is 0 Å². The molecule has 0 aliphatic carbocycles. The zero-order valence-corrected chi connectivity index (χ0v) is 19.2. The molecule has 0 bridgehead atoms. The third-order valence-electron chi connectivity index (χ3n) is 4.65. The highest BCUT2D eigenvalue weighted by atomic mass is 35.5. The van der Waals surface area contributed by atoms with Crippen molar-refractivity contribution in [1.82, 2.24) is 9.78 Å². The van der Waals surface area contributed by atoms with Gasteiger partial charge in [-0.1, -0.05) is 40.9 Å². The van der Waals surface area contributed by atoms with Crippen LogP contribution in [0, 0.1) is 20.8 Å². The summed E-state index contributed by atoms with van der Waals surface area (Å²) in [5, 5.41) is 15.6. The molecule has 0 spiro atoms. The van der Waals surface area contributed by atoms with Gasteiger partial charge < -0.3 is 5.11 Å². The monoisotopic (exact) mass is 467 g/mol. The van der Waals surface area contributed by atoms with Crippen molar-refractivity contribution in [3.8, 4) is 0 Å². The number of hydrogen-bond acceptors (Lipinski definition) is 4. The first kappa shape index (κ1) is 22.6. The summed E-state index contributed by atoms with van der Waals surface area (Å²) in [6.07, 6.45) is -1.03. The highest BCUT2D eigenvalue weighted by molar-refractivity contribution is 7.92. The number of nitrogens with zero attached hydrogens (tertiary/aromatic N) is 3. The van der Waals surface area contributed by atoms with Crippen molar-refractivity contribution < 1.29 is 13.5 Å². The van der Waals surface area contributed by atoms with Crippen LogP contribution in [0.2, 0.25) is 10.0 Å². The van der Waals surface area contributed by atoms with Gasteiger partial charge in [-0.25, -0.2) is 8.42 Å². The molecule has 6 nitrogen and oxygen atoms in total. The third-order valence-corrected chi connectivity index (χ3v) is 7.00. The fourth-order valence-corrected chi connectivity index (χ4v) is 5.10. The molecule has 3 aromatic rings. The Morgan fingerprint density at radius 2 is 1.73 bits per heavy atom. The van der Waals surface area contributed by atoms with Crippen molar-refractivity contribution in [3.05, 3.63) is 75.5 Å². The lowest BCUT2D eigenvalue weighted by molar-refractivity contribution is 0.157. The highest BCUT2D eigenvalue weighted by Crippen LogP contribution is 2.33.